The van der Waals surface area contributed by atoms with Crippen LogP contribution in [-0.4, -0.2) is 0 Å². The van der Waals surface area contributed by atoms with Crippen molar-refractivity contribution in [2.24, 2.45) is 0 Å². The van der Waals surface area contributed by atoms with E-state index < -0.39 is 23.2 Å². The monoisotopic (exact) mass is 570 g/mol. The molecule has 172 valence electrons. The Hall–Kier alpha value is -2.18. The van der Waals surface area contributed by atoms with Gasteiger partial charge in [-0.3, -0.25) is 0 Å². The van der Waals surface area contributed by atoms with E-state index in [9.17, 15) is 0 Å². The average Bonchev–Trinajstić information content (AvgIpc) is 3.32. The van der Waals surface area contributed by atoms with Gasteiger partial charge in [-0.05, 0) is 0 Å². The number of fused-ring (bicyclic) bond motifs is 2. The number of halogens is 2. The largest absolute Gasteiger partial charge is 1.00 e. The van der Waals surface area contributed by atoms with E-state index in [1.54, 1.807) is 17.7 Å². The molecule has 35 heavy (non-hydrogen) atoms. The molecule has 3 heteroatoms. The molecule has 2 aliphatic rings. The molecule has 4 aromatic rings. The Morgan fingerprint density at radius 3 is 1.20 bits per heavy atom. The van der Waals surface area contributed by atoms with Crippen LogP contribution in [0.15, 0.2) is 109 Å². The Morgan fingerprint density at radius 1 is 0.457 bits per heavy atom. The maximum absolute atomic E-state index is 2.39. The van der Waals surface area contributed by atoms with E-state index in [4.69, 9.17) is 0 Å². The Morgan fingerprint density at radius 2 is 0.800 bits per heavy atom. The summed E-state index contributed by atoms with van der Waals surface area (Å²) < 4.78 is 3.31. The van der Waals surface area contributed by atoms with Gasteiger partial charge in [-0.15, -0.1) is 0 Å². The van der Waals surface area contributed by atoms with Gasteiger partial charge in [0.1, 0.15) is 0 Å². The van der Waals surface area contributed by atoms with Crippen LogP contribution in [-0.2, 0) is 23.2 Å². The first kappa shape index (κ1) is 25.9. The maximum Gasteiger partial charge on any atom is -1.00 e. The molecular formula is C32H26Cl2Zr. The molecule has 0 amide bonds. The maximum atomic E-state index is 2.39. The first-order valence-electron chi connectivity index (χ1n) is 11.8. The van der Waals surface area contributed by atoms with E-state index in [2.05, 4.69) is 123 Å². The molecule has 0 saturated heterocycles. The number of benzene rings is 4. The smallest absolute Gasteiger partial charge is 1.00 e. The first-order chi connectivity index (χ1) is 16.2. The molecule has 0 nitrogen and oxygen atoms in total. The van der Waals surface area contributed by atoms with Crippen molar-refractivity contribution in [1.82, 2.24) is 0 Å². The number of hydrogen-bond acceptors (Lipinski definition) is 0. The quantitative estimate of drug-likeness (QED) is 0.353. The number of allylic oxidation sites excluding steroid dienone is 2. The third-order valence-corrected chi connectivity index (χ3v) is 11.1. The molecule has 0 N–H and O–H groups in total. The van der Waals surface area contributed by atoms with Gasteiger partial charge in [0.2, 0.25) is 0 Å². The summed E-state index contributed by atoms with van der Waals surface area (Å²) in [6.45, 7) is 4.79. The topological polar surface area (TPSA) is 0 Å². The van der Waals surface area contributed by atoms with E-state index in [0.29, 0.717) is 11.8 Å². The van der Waals surface area contributed by atoms with Crippen molar-refractivity contribution in [2.75, 3.05) is 0 Å². The second kappa shape index (κ2) is 10.8. The number of rotatable bonds is 4. The van der Waals surface area contributed by atoms with Gasteiger partial charge in [-0.2, -0.15) is 0 Å². The van der Waals surface area contributed by atoms with Crippen molar-refractivity contribution in [3.05, 3.63) is 143 Å². The van der Waals surface area contributed by atoms with E-state index in [1.807, 2.05) is 0 Å². The Bertz CT molecular complexity index is 1290. The van der Waals surface area contributed by atoms with Gasteiger partial charge in [0, 0.05) is 0 Å². The van der Waals surface area contributed by atoms with Crippen molar-refractivity contribution in [3.8, 4) is 0 Å². The van der Waals surface area contributed by atoms with Crippen LogP contribution < -0.4 is 24.8 Å². The molecule has 0 saturated carbocycles. The standard InChI is InChI=1S/2C16H13.2ClH.Zr/c2*1-12-15-10-6-5-9-14(15)11-16(12)13-7-3-2-4-8-13;;;/h2*2-10,12H,1H3;2*1H;/q;;;;+2/p-2/t2*12-;;;/m10.../s1. The van der Waals surface area contributed by atoms with Gasteiger partial charge in [0.25, 0.3) is 0 Å². The molecule has 2 atom stereocenters. The molecule has 6 rings (SSSR count). The molecule has 2 aliphatic carbocycles. The Kier molecular flexibility index (Phi) is 8.02. The first-order valence-corrected chi connectivity index (χ1v) is 14.2. The molecule has 0 heterocycles. The fraction of sp³-hybridized carbons (Fsp3) is 0.125. The second-order valence-corrected chi connectivity index (χ2v) is 12.1. The molecule has 0 unspecified atom stereocenters. The molecule has 0 radical (unpaired) electrons. The molecule has 0 aliphatic heterocycles. The Balaban J connectivity index is 0.00000144. The summed E-state index contributed by atoms with van der Waals surface area (Å²) in [6.07, 6.45) is 0. The Labute approximate surface area is 232 Å². The predicted molar refractivity (Wildman–Crippen MR) is 136 cm³/mol. The summed E-state index contributed by atoms with van der Waals surface area (Å²) in [7, 11) is 0. The van der Waals surface area contributed by atoms with Gasteiger partial charge >= 0.3 is 209 Å². The van der Waals surface area contributed by atoms with Gasteiger partial charge in [0.05, 0.1) is 0 Å². The minimum Gasteiger partial charge on any atom is -1.00 e. The normalized spacial score (nSPS) is 17.8. The van der Waals surface area contributed by atoms with Gasteiger partial charge < -0.3 is 24.8 Å². The van der Waals surface area contributed by atoms with Crippen molar-refractivity contribution in [2.45, 2.75) is 25.7 Å². The third-order valence-electron chi connectivity index (χ3n) is 7.22. The van der Waals surface area contributed by atoms with Crippen LogP contribution in [0.4, 0.5) is 0 Å². The van der Waals surface area contributed by atoms with Gasteiger partial charge in [-0.1, -0.05) is 0 Å². The zero-order valence-electron chi connectivity index (χ0n) is 19.8. The molecule has 0 spiro atoms. The summed E-state index contributed by atoms with van der Waals surface area (Å²) in [5.41, 5.74) is 11.9. The zero-order chi connectivity index (χ0) is 22.4. The van der Waals surface area contributed by atoms with Crippen molar-refractivity contribution in [1.29, 1.82) is 0 Å². The van der Waals surface area contributed by atoms with Gasteiger partial charge in [-0.25, -0.2) is 0 Å². The van der Waals surface area contributed by atoms with Gasteiger partial charge in [0.15, 0.2) is 0 Å². The summed E-state index contributed by atoms with van der Waals surface area (Å²) in [5.74, 6) is 0.878. The number of hydrogen-bond donors (Lipinski definition) is 0. The van der Waals surface area contributed by atoms with Crippen molar-refractivity contribution < 1.29 is 48.0 Å². The van der Waals surface area contributed by atoms with Crippen LogP contribution in [0.25, 0.3) is 17.7 Å². The molecule has 4 aromatic carbocycles. The summed E-state index contributed by atoms with van der Waals surface area (Å²) in [4.78, 5) is 0. The fourth-order valence-electron chi connectivity index (χ4n) is 5.66. The minimum atomic E-state index is -1.12. The fourth-order valence-corrected chi connectivity index (χ4v) is 10.5. The molecule has 0 aromatic heterocycles. The SMILES string of the molecule is C[C@@H]1C(c2ccccc2)=[C]([Zr+2][C]2=C(c3ccccc3)[C@H](C)c3ccccc32)c2ccccc21.[Cl-].[Cl-]. The van der Waals surface area contributed by atoms with Crippen LogP contribution in [0, 0.1) is 0 Å². The minimum absolute atomic E-state index is 0. The molecule has 0 bridgehead atoms. The third kappa shape index (κ3) is 4.44. The van der Waals surface area contributed by atoms with E-state index in [0.717, 1.165) is 0 Å². The van der Waals surface area contributed by atoms with Crippen LogP contribution in [0.3, 0.4) is 0 Å². The van der Waals surface area contributed by atoms with Crippen molar-refractivity contribution in [3.63, 3.8) is 0 Å². The predicted octanol–water partition coefficient (Wildman–Crippen LogP) is 2.45. The van der Waals surface area contributed by atoms with E-state index >= 15 is 0 Å². The summed E-state index contributed by atoms with van der Waals surface area (Å²) >= 11 is -1.12. The second-order valence-electron chi connectivity index (χ2n) is 9.05. The van der Waals surface area contributed by atoms with E-state index in [-0.39, 0.29) is 24.8 Å². The van der Waals surface area contributed by atoms with E-state index in [1.165, 1.54) is 33.4 Å². The van der Waals surface area contributed by atoms with Crippen LogP contribution >= 0.6 is 0 Å². The molecule has 0 fully saturated rings. The molecular weight excluding hydrogens is 546 g/mol. The summed E-state index contributed by atoms with van der Waals surface area (Å²) in [5, 5.41) is 0. The van der Waals surface area contributed by atoms with Crippen LogP contribution in [0.5, 0.6) is 0 Å². The van der Waals surface area contributed by atoms with Crippen molar-refractivity contribution >= 4 is 17.7 Å². The zero-order valence-corrected chi connectivity index (χ0v) is 23.8. The van der Waals surface area contributed by atoms with Crippen LogP contribution in [0.2, 0.25) is 0 Å². The average molecular weight is 573 g/mol. The summed E-state index contributed by atoms with van der Waals surface area (Å²) in [6, 6.07) is 40.4. The van der Waals surface area contributed by atoms with Crippen LogP contribution in [0.1, 0.15) is 59.1 Å².